The molecule has 0 bridgehead atoms. The number of rotatable bonds is 4. The molecule has 6 heteroatoms. The van der Waals surface area contributed by atoms with Crippen molar-refractivity contribution >= 4 is 5.91 Å². The number of hydrogen-bond acceptors (Lipinski definition) is 3. The van der Waals surface area contributed by atoms with Gasteiger partial charge in [-0.1, -0.05) is 30.3 Å². The van der Waals surface area contributed by atoms with Crippen LogP contribution in [0.2, 0.25) is 0 Å². The van der Waals surface area contributed by atoms with E-state index < -0.39 is 5.69 Å². The lowest BCUT2D eigenvalue weighted by Crippen LogP contribution is -2.28. The minimum atomic E-state index is -0.515. The quantitative estimate of drug-likeness (QED) is 0.657. The fourth-order valence-corrected chi connectivity index (χ4v) is 2.38. The Bertz CT molecular complexity index is 674. The van der Waals surface area contributed by atoms with E-state index in [1.54, 1.807) is 0 Å². The maximum Gasteiger partial charge on any atom is 0.325 e. The maximum atomic E-state index is 11.8. The van der Waals surface area contributed by atoms with Crippen LogP contribution in [0.1, 0.15) is 23.6 Å². The minimum Gasteiger partial charge on any atom is -0.493 e. The molecule has 20 heavy (non-hydrogen) atoms. The van der Waals surface area contributed by atoms with Crippen LogP contribution < -0.4 is 11.0 Å². The molecule has 0 aliphatic heterocycles. The molecule has 1 aliphatic rings. The van der Waals surface area contributed by atoms with Crippen molar-refractivity contribution in [2.24, 2.45) is 0 Å². The number of hydrogen-bond donors (Lipinski definition) is 4. The SMILES string of the molecule is O=C(Cc1[nH]c(=O)[nH]c1O)NC1CC1c1ccccc1. The summed E-state index contributed by atoms with van der Waals surface area (Å²) in [5.74, 6) is -0.126. The zero-order valence-corrected chi connectivity index (χ0v) is 10.7. The fraction of sp³-hybridized carbons (Fsp3) is 0.286. The highest BCUT2D eigenvalue weighted by atomic mass is 16.3. The van der Waals surface area contributed by atoms with Crippen LogP contribution in [0.25, 0.3) is 0 Å². The Kier molecular flexibility index (Phi) is 3.06. The van der Waals surface area contributed by atoms with Crippen molar-refractivity contribution in [1.29, 1.82) is 0 Å². The highest BCUT2D eigenvalue weighted by molar-refractivity contribution is 5.79. The lowest BCUT2D eigenvalue weighted by atomic mass is 10.1. The second kappa shape index (κ2) is 4.88. The van der Waals surface area contributed by atoms with Crippen molar-refractivity contribution in [2.45, 2.75) is 24.8 Å². The van der Waals surface area contributed by atoms with E-state index >= 15 is 0 Å². The van der Waals surface area contributed by atoms with Gasteiger partial charge in [-0.2, -0.15) is 0 Å². The van der Waals surface area contributed by atoms with Crippen molar-refractivity contribution in [3.05, 3.63) is 52.1 Å². The van der Waals surface area contributed by atoms with Gasteiger partial charge in [0.1, 0.15) is 0 Å². The molecule has 104 valence electrons. The van der Waals surface area contributed by atoms with Crippen molar-refractivity contribution in [3.8, 4) is 5.88 Å². The smallest absolute Gasteiger partial charge is 0.325 e. The Morgan fingerprint density at radius 1 is 1.30 bits per heavy atom. The molecule has 1 aromatic heterocycles. The first-order valence-corrected chi connectivity index (χ1v) is 6.48. The largest absolute Gasteiger partial charge is 0.493 e. The second-order valence-electron chi connectivity index (χ2n) is 5.01. The number of H-pyrrole nitrogens is 2. The van der Waals surface area contributed by atoms with Crippen molar-refractivity contribution in [1.82, 2.24) is 15.3 Å². The second-order valence-corrected chi connectivity index (χ2v) is 5.01. The number of amides is 1. The Morgan fingerprint density at radius 3 is 2.70 bits per heavy atom. The van der Waals surface area contributed by atoms with Gasteiger partial charge >= 0.3 is 5.69 Å². The number of nitrogens with one attached hydrogen (secondary N) is 3. The third-order valence-electron chi connectivity index (χ3n) is 3.48. The standard InChI is InChI=1S/C14H15N3O3/c18-12(7-11-13(19)17-14(20)16-11)15-10-6-9(10)8-4-2-1-3-5-8/h1-5,9-10,19H,6-7H2,(H,15,18)(H2,16,17,20). The average Bonchev–Trinajstić information content (AvgIpc) is 3.10. The molecule has 1 heterocycles. The molecule has 1 amide bonds. The number of aromatic amines is 2. The van der Waals surface area contributed by atoms with Crippen molar-refractivity contribution in [2.75, 3.05) is 0 Å². The van der Waals surface area contributed by atoms with E-state index in [2.05, 4.69) is 15.3 Å². The molecule has 4 N–H and O–H groups in total. The summed E-state index contributed by atoms with van der Waals surface area (Å²) in [7, 11) is 0. The van der Waals surface area contributed by atoms with Gasteiger partial charge in [0.15, 0.2) is 0 Å². The predicted octanol–water partition coefficient (Wildman–Crippen LogP) is 0.623. The monoisotopic (exact) mass is 273 g/mol. The van der Waals surface area contributed by atoms with Crippen LogP contribution in [-0.2, 0) is 11.2 Å². The van der Waals surface area contributed by atoms with Crippen LogP contribution in [0.4, 0.5) is 0 Å². The van der Waals surface area contributed by atoms with Gasteiger partial charge in [-0.3, -0.25) is 9.78 Å². The molecule has 0 radical (unpaired) electrons. The van der Waals surface area contributed by atoms with Gasteiger partial charge in [0, 0.05) is 12.0 Å². The normalized spacial score (nSPS) is 20.6. The van der Waals surface area contributed by atoms with E-state index in [0.29, 0.717) is 5.92 Å². The van der Waals surface area contributed by atoms with Crippen LogP contribution in [0.5, 0.6) is 5.88 Å². The zero-order valence-electron chi connectivity index (χ0n) is 10.7. The summed E-state index contributed by atoms with van der Waals surface area (Å²) >= 11 is 0. The molecule has 1 saturated carbocycles. The van der Waals surface area contributed by atoms with Crippen LogP contribution >= 0.6 is 0 Å². The van der Waals surface area contributed by atoms with Gasteiger partial charge in [-0.15, -0.1) is 0 Å². The van der Waals surface area contributed by atoms with Gasteiger partial charge in [-0.25, -0.2) is 4.79 Å². The summed E-state index contributed by atoms with van der Waals surface area (Å²) < 4.78 is 0. The van der Waals surface area contributed by atoms with E-state index in [0.717, 1.165) is 6.42 Å². The van der Waals surface area contributed by atoms with Gasteiger partial charge in [-0.05, 0) is 12.0 Å². The van der Waals surface area contributed by atoms with E-state index in [9.17, 15) is 14.7 Å². The summed E-state index contributed by atoms with van der Waals surface area (Å²) in [6.07, 6.45) is 0.883. The van der Waals surface area contributed by atoms with Gasteiger partial charge in [0.05, 0.1) is 12.1 Å². The fourth-order valence-electron chi connectivity index (χ4n) is 2.38. The molecule has 6 nitrogen and oxygen atoms in total. The zero-order chi connectivity index (χ0) is 14.1. The molecule has 1 fully saturated rings. The number of carbonyl (C=O) groups excluding carboxylic acids is 1. The van der Waals surface area contributed by atoms with Crippen LogP contribution in [-0.4, -0.2) is 27.0 Å². The molecule has 0 spiro atoms. The number of imidazole rings is 1. The Hall–Kier alpha value is -2.50. The summed E-state index contributed by atoms with van der Waals surface area (Å²) in [6, 6.07) is 10.2. The van der Waals surface area contributed by atoms with Gasteiger partial charge in [0.25, 0.3) is 0 Å². The highest BCUT2D eigenvalue weighted by Gasteiger charge is 2.39. The first-order chi connectivity index (χ1) is 9.63. The third kappa shape index (κ3) is 2.59. The lowest BCUT2D eigenvalue weighted by Gasteiger charge is -2.04. The molecular weight excluding hydrogens is 258 g/mol. The highest BCUT2D eigenvalue weighted by Crippen LogP contribution is 2.40. The van der Waals surface area contributed by atoms with Crippen molar-refractivity contribution < 1.29 is 9.90 Å². The number of carbonyl (C=O) groups is 1. The topological polar surface area (TPSA) is 98.0 Å². The maximum absolute atomic E-state index is 11.8. The molecular formula is C14H15N3O3. The molecule has 2 aromatic rings. The first kappa shape index (κ1) is 12.5. The Morgan fingerprint density at radius 2 is 2.05 bits per heavy atom. The number of benzene rings is 1. The summed E-state index contributed by atoms with van der Waals surface area (Å²) in [4.78, 5) is 27.4. The van der Waals surface area contributed by atoms with Gasteiger partial charge in [0.2, 0.25) is 11.8 Å². The molecule has 2 atom stereocenters. The number of aromatic nitrogens is 2. The van der Waals surface area contributed by atoms with E-state index in [1.165, 1.54) is 5.56 Å². The van der Waals surface area contributed by atoms with Crippen LogP contribution in [0.3, 0.4) is 0 Å². The lowest BCUT2D eigenvalue weighted by molar-refractivity contribution is -0.120. The van der Waals surface area contributed by atoms with E-state index in [1.807, 2.05) is 30.3 Å². The van der Waals surface area contributed by atoms with Crippen molar-refractivity contribution in [3.63, 3.8) is 0 Å². The third-order valence-corrected chi connectivity index (χ3v) is 3.48. The number of aromatic hydroxyl groups is 1. The summed E-state index contributed by atoms with van der Waals surface area (Å²) in [5, 5.41) is 12.3. The molecule has 0 saturated heterocycles. The van der Waals surface area contributed by atoms with E-state index in [-0.39, 0.29) is 29.9 Å². The van der Waals surface area contributed by atoms with Crippen LogP contribution in [0.15, 0.2) is 35.1 Å². The summed E-state index contributed by atoms with van der Waals surface area (Å²) in [5.41, 5.74) is 0.916. The molecule has 3 rings (SSSR count). The van der Waals surface area contributed by atoms with Crippen LogP contribution in [0, 0.1) is 0 Å². The average molecular weight is 273 g/mol. The van der Waals surface area contributed by atoms with E-state index in [4.69, 9.17) is 0 Å². The molecule has 1 aliphatic carbocycles. The molecule has 1 aromatic carbocycles. The first-order valence-electron chi connectivity index (χ1n) is 6.48. The molecule has 2 unspecified atom stereocenters. The summed E-state index contributed by atoms with van der Waals surface area (Å²) in [6.45, 7) is 0. The van der Waals surface area contributed by atoms with Gasteiger partial charge < -0.3 is 15.4 Å². The minimum absolute atomic E-state index is 0.0391. The Labute approximate surface area is 114 Å². The Balaban J connectivity index is 1.56. The predicted molar refractivity (Wildman–Crippen MR) is 72.5 cm³/mol.